The summed E-state index contributed by atoms with van der Waals surface area (Å²) < 4.78 is 5.36. The summed E-state index contributed by atoms with van der Waals surface area (Å²) in [5, 5.41) is 0. The second kappa shape index (κ2) is 5.60. The van der Waals surface area contributed by atoms with Crippen LogP contribution >= 0.6 is 0 Å². The Balaban J connectivity index is 2.54. The third-order valence-corrected chi connectivity index (χ3v) is 1.97. The van der Waals surface area contributed by atoms with Gasteiger partial charge in [0.2, 0.25) is 0 Å². The lowest BCUT2D eigenvalue weighted by atomic mass is 10.1. The first-order chi connectivity index (χ1) is 6.72. The van der Waals surface area contributed by atoms with Crippen molar-refractivity contribution in [3.8, 4) is 5.75 Å². The van der Waals surface area contributed by atoms with Crippen LogP contribution in [0.5, 0.6) is 5.75 Å². The van der Waals surface area contributed by atoms with Crippen molar-refractivity contribution in [1.29, 1.82) is 0 Å². The monoisotopic (exact) mass is 194 g/mol. The van der Waals surface area contributed by atoms with Crippen molar-refractivity contribution in [2.75, 3.05) is 6.61 Å². The first-order valence-electron chi connectivity index (χ1n) is 5.04. The molecule has 0 amide bonds. The van der Waals surface area contributed by atoms with E-state index in [1.807, 2.05) is 26.1 Å². The van der Waals surface area contributed by atoms with Crippen LogP contribution in [0.15, 0.2) is 18.5 Å². The van der Waals surface area contributed by atoms with Gasteiger partial charge >= 0.3 is 0 Å². The first-order valence-corrected chi connectivity index (χ1v) is 5.04. The molecule has 0 radical (unpaired) electrons. The maximum Gasteiger partial charge on any atom is 0.137 e. The molecule has 0 aliphatic carbocycles. The smallest absolute Gasteiger partial charge is 0.137 e. The molecule has 1 rings (SSSR count). The molecule has 0 saturated carbocycles. The number of hydrogen-bond acceptors (Lipinski definition) is 3. The number of rotatable bonds is 5. The number of nitrogens with two attached hydrogens (primary N) is 1. The molecule has 1 aromatic heterocycles. The van der Waals surface area contributed by atoms with E-state index >= 15 is 0 Å². The van der Waals surface area contributed by atoms with Crippen LogP contribution in [0.3, 0.4) is 0 Å². The summed E-state index contributed by atoms with van der Waals surface area (Å²) in [4.78, 5) is 4.12. The van der Waals surface area contributed by atoms with E-state index in [2.05, 4.69) is 4.98 Å². The first kappa shape index (κ1) is 11.0. The molecular weight excluding hydrogens is 176 g/mol. The van der Waals surface area contributed by atoms with E-state index in [1.165, 1.54) is 5.56 Å². The van der Waals surface area contributed by atoms with Gasteiger partial charge in [-0.2, -0.15) is 0 Å². The average Bonchev–Trinajstić information content (AvgIpc) is 2.16. The van der Waals surface area contributed by atoms with Gasteiger partial charge in [0.1, 0.15) is 5.75 Å². The molecule has 3 nitrogen and oxygen atoms in total. The van der Waals surface area contributed by atoms with Crippen LogP contribution in [0.4, 0.5) is 0 Å². The second-order valence-corrected chi connectivity index (χ2v) is 3.48. The highest BCUT2D eigenvalue weighted by Gasteiger charge is 1.99. The van der Waals surface area contributed by atoms with Crippen LogP contribution in [-0.4, -0.2) is 17.6 Å². The Morgan fingerprint density at radius 1 is 1.50 bits per heavy atom. The molecule has 1 unspecified atom stereocenters. The maximum atomic E-state index is 5.69. The fourth-order valence-electron chi connectivity index (χ4n) is 1.24. The molecule has 0 aliphatic heterocycles. The van der Waals surface area contributed by atoms with E-state index in [9.17, 15) is 0 Å². The molecule has 0 fully saturated rings. The van der Waals surface area contributed by atoms with Gasteiger partial charge in [0.05, 0.1) is 12.8 Å². The predicted octanol–water partition coefficient (Wildman–Crippen LogP) is 1.76. The van der Waals surface area contributed by atoms with Crippen LogP contribution in [0.25, 0.3) is 0 Å². The van der Waals surface area contributed by atoms with Crippen LogP contribution in [0.1, 0.15) is 25.8 Å². The van der Waals surface area contributed by atoms with Gasteiger partial charge in [0, 0.05) is 12.2 Å². The lowest BCUT2D eigenvalue weighted by Crippen LogP contribution is -2.15. The van der Waals surface area contributed by atoms with E-state index in [-0.39, 0.29) is 6.04 Å². The summed E-state index contributed by atoms with van der Waals surface area (Å²) in [6.07, 6.45) is 5.55. The highest BCUT2D eigenvalue weighted by atomic mass is 16.5. The normalized spacial score (nSPS) is 12.5. The van der Waals surface area contributed by atoms with Crippen molar-refractivity contribution in [3.63, 3.8) is 0 Å². The molecule has 2 N–H and O–H groups in total. The summed E-state index contributed by atoms with van der Waals surface area (Å²) in [5.41, 5.74) is 6.87. The predicted molar refractivity (Wildman–Crippen MR) is 57.4 cm³/mol. The number of hydrogen-bond donors (Lipinski definition) is 1. The van der Waals surface area contributed by atoms with Gasteiger partial charge in [-0.05, 0) is 38.3 Å². The Kier molecular flexibility index (Phi) is 4.40. The minimum Gasteiger partial charge on any atom is -0.492 e. The van der Waals surface area contributed by atoms with Crippen LogP contribution in [0.2, 0.25) is 0 Å². The number of ether oxygens (including phenoxy) is 1. The Hall–Kier alpha value is -1.09. The standard InChI is InChI=1S/C11H18N2O/c1-3-14-11-6-10(7-13-8-11)5-4-9(2)12/h6-9H,3-5,12H2,1-2H3. The number of aryl methyl sites for hydroxylation is 1. The van der Waals surface area contributed by atoms with Gasteiger partial charge in [-0.1, -0.05) is 0 Å². The van der Waals surface area contributed by atoms with E-state index in [1.54, 1.807) is 6.20 Å². The topological polar surface area (TPSA) is 48.1 Å². The van der Waals surface area contributed by atoms with Crippen molar-refractivity contribution in [2.45, 2.75) is 32.7 Å². The maximum absolute atomic E-state index is 5.69. The zero-order valence-corrected chi connectivity index (χ0v) is 8.86. The molecule has 1 aromatic rings. The lowest BCUT2D eigenvalue weighted by Gasteiger charge is -2.06. The van der Waals surface area contributed by atoms with Crippen molar-refractivity contribution in [1.82, 2.24) is 4.98 Å². The van der Waals surface area contributed by atoms with Gasteiger partial charge in [-0.25, -0.2) is 0 Å². The van der Waals surface area contributed by atoms with Gasteiger partial charge in [-0.15, -0.1) is 0 Å². The minimum absolute atomic E-state index is 0.241. The summed E-state index contributed by atoms with van der Waals surface area (Å²) in [5.74, 6) is 0.842. The Morgan fingerprint density at radius 2 is 2.29 bits per heavy atom. The molecule has 0 bridgehead atoms. The molecule has 0 aromatic carbocycles. The summed E-state index contributed by atoms with van der Waals surface area (Å²) >= 11 is 0. The van der Waals surface area contributed by atoms with Crippen molar-refractivity contribution in [3.05, 3.63) is 24.0 Å². The highest BCUT2D eigenvalue weighted by molar-refractivity contribution is 5.23. The molecule has 78 valence electrons. The van der Waals surface area contributed by atoms with Gasteiger partial charge in [0.25, 0.3) is 0 Å². The number of pyridine rings is 1. The molecule has 0 spiro atoms. The molecule has 3 heteroatoms. The molecule has 0 aliphatic rings. The largest absolute Gasteiger partial charge is 0.492 e. The molecule has 1 heterocycles. The third kappa shape index (κ3) is 3.75. The number of aromatic nitrogens is 1. The van der Waals surface area contributed by atoms with Crippen molar-refractivity contribution >= 4 is 0 Å². The fourth-order valence-corrected chi connectivity index (χ4v) is 1.24. The quantitative estimate of drug-likeness (QED) is 0.777. The van der Waals surface area contributed by atoms with Crippen molar-refractivity contribution in [2.24, 2.45) is 5.73 Å². The SMILES string of the molecule is CCOc1cncc(CCC(C)N)c1. The Bertz CT molecular complexity index is 274. The highest BCUT2D eigenvalue weighted by Crippen LogP contribution is 2.12. The zero-order chi connectivity index (χ0) is 10.4. The second-order valence-electron chi connectivity index (χ2n) is 3.48. The fraction of sp³-hybridized carbons (Fsp3) is 0.545. The zero-order valence-electron chi connectivity index (χ0n) is 8.86. The van der Waals surface area contributed by atoms with E-state index in [0.717, 1.165) is 18.6 Å². The Morgan fingerprint density at radius 3 is 2.93 bits per heavy atom. The molecule has 0 saturated heterocycles. The van der Waals surface area contributed by atoms with E-state index < -0.39 is 0 Å². The molecular formula is C11H18N2O. The minimum atomic E-state index is 0.241. The number of nitrogens with zero attached hydrogens (tertiary/aromatic N) is 1. The van der Waals surface area contributed by atoms with Crippen LogP contribution < -0.4 is 10.5 Å². The van der Waals surface area contributed by atoms with Gasteiger partial charge < -0.3 is 10.5 Å². The summed E-state index contributed by atoms with van der Waals surface area (Å²) in [6, 6.07) is 2.27. The van der Waals surface area contributed by atoms with Crippen molar-refractivity contribution < 1.29 is 4.74 Å². The van der Waals surface area contributed by atoms with Crippen LogP contribution in [-0.2, 0) is 6.42 Å². The average molecular weight is 194 g/mol. The van der Waals surface area contributed by atoms with E-state index in [0.29, 0.717) is 6.61 Å². The lowest BCUT2D eigenvalue weighted by molar-refractivity contribution is 0.338. The summed E-state index contributed by atoms with van der Waals surface area (Å²) in [7, 11) is 0. The summed E-state index contributed by atoms with van der Waals surface area (Å²) in [6.45, 7) is 4.66. The third-order valence-electron chi connectivity index (χ3n) is 1.97. The molecule has 1 atom stereocenters. The van der Waals surface area contributed by atoms with Gasteiger partial charge in [-0.3, -0.25) is 4.98 Å². The molecule has 14 heavy (non-hydrogen) atoms. The Labute approximate surface area is 85.3 Å². The van der Waals surface area contributed by atoms with Gasteiger partial charge in [0.15, 0.2) is 0 Å². The van der Waals surface area contributed by atoms with E-state index in [4.69, 9.17) is 10.5 Å². The van der Waals surface area contributed by atoms with Crippen LogP contribution in [0, 0.1) is 0 Å².